The van der Waals surface area contributed by atoms with Gasteiger partial charge in [0.1, 0.15) is 9.71 Å². The fraction of sp³-hybridized carbons (Fsp3) is 0.316. The summed E-state index contributed by atoms with van der Waals surface area (Å²) in [6.07, 6.45) is 10.3. The Morgan fingerprint density at radius 3 is 2.68 bits per heavy atom. The number of nitrogens with one attached hydrogen (secondary N) is 1. The van der Waals surface area contributed by atoms with Gasteiger partial charge in [-0.15, -0.1) is 11.3 Å². The van der Waals surface area contributed by atoms with Crippen LogP contribution in [0.3, 0.4) is 0 Å². The van der Waals surface area contributed by atoms with Crippen LogP contribution < -0.4 is 11.1 Å². The Morgan fingerprint density at radius 1 is 1.12 bits per heavy atom. The monoisotopic (exact) mass is 352 g/mol. The van der Waals surface area contributed by atoms with E-state index in [-0.39, 0.29) is 5.91 Å². The van der Waals surface area contributed by atoms with Crippen molar-refractivity contribution in [3.05, 3.63) is 46.7 Å². The number of carbonyl (C=O) groups excluding carboxylic acids is 1. The van der Waals surface area contributed by atoms with Gasteiger partial charge in [0.2, 0.25) is 0 Å². The minimum Gasteiger partial charge on any atom is -0.397 e. The van der Waals surface area contributed by atoms with E-state index < -0.39 is 0 Å². The number of aromatic nitrogens is 2. The average Bonchev–Trinajstić information content (AvgIpc) is 2.92. The van der Waals surface area contributed by atoms with Gasteiger partial charge in [-0.3, -0.25) is 9.78 Å². The Hall–Kier alpha value is -2.47. The molecule has 0 saturated heterocycles. The molecule has 3 aromatic heterocycles. The molecule has 0 radical (unpaired) electrons. The van der Waals surface area contributed by atoms with Crippen molar-refractivity contribution >= 4 is 38.8 Å². The predicted octanol–water partition coefficient (Wildman–Crippen LogP) is 4.18. The highest BCUT2D eigenvalue weighted by atomic mass is 32.1. The van der Waals surface area contributed by atoms with Gasteiger partial charge in [0.25, 0.3) is 5.91 Å². The minimum absolute atomic E-state index is 0.195. The fourth-order valence-electron chi connectivity index (χ4n) is 3.30. The highest BCUT2D eigenvalue weighted by molar-refractivity contribution is 7.21. The Kier molecular flexibility index (Phi) is 4.36. The molecular formula is C19H20N4OS. The highest BCUT2D eigenvalue weighted by Gasteiger charge is 2.20. The van der Waals surface area contributed by atoms with Gasteiger partial charge in [0.05, 0.1) is 5.69 Å². The van der Waals surface area contributed by atoms with E-state index in [1.54, 1.807) is 24.5 Å². The van der Waals surface area contributed by atoms with Gasteiger partial charge in [-0.05, 0) is 49.4 Å². The standard InChI is InChI=1S/C19H20N4OS/c20-16-14-11-12-5-3-1-2-4-6-15(12)23-19(14)25-17(16)18(24)22-13-7-9-21-10-8-13/h7-11H,1-6,20H2,(H,21,22,24). The summed E-state index contributed by atoms with van der Waals surface area (Å²) in [5.41, 5.74) is 10.00. The molecule has 6 heteroatoms. The first-order chi connectivity index (χ1) is 12.2. The van der Waals surface area contributed by atoms with E-state index in [0.717, 1.165) is 23.1 Å². The van der Waals surface area contributed by atoms with E-state index in [1.807, 2.05) is 0 Å². The van der Waals surface area contributed by atoms with Gasteiger partial charge >= 0.3 is 0 Å². The van der Waals surface area contributed by atoms with Crippen LogP contribution in [0.25, 0.3) is 10.2 Å². The first-order valence-corrected chi connectivity index (χ1v) is 9.46. The van der Waals surface area contributed by atoms with Crippen LogP contribution >= 0.6 is 11.3 Å². The molecule has 0 aliphatic heterocycles. The summed E-state index contributed by atoms with van der Waals surface area (Å²) >= 11 is 1.37. The lowest BCUT2D eigenvalue weighted by Crippen LogP contribution is -2.11. The number of thiophene rings is 1. The number of anilines is 2. The maximum absolute atomic E-state index is 12.6. The van der Waals surface area contributed by atoms with Gasteiger partial charge in [0.15, 0.2) is 0 Å². The Labute approximate surface area is 150 Å². The zero-order valence-electron chi connectivity index (χ0n) is 13.9. The first kappa shape index (κ1) is 16.0. The molecule has 128 valence electrons. The number of nitrogen functional groups attached to an aromatic ring is 1. The first-order valence-electron chi connectivity index (χ1n) is 8.64. The van der Waals surface area contributed by atoms with E-state index in [0.29, 0.717) is 16.3 Å². The summed E-state index contributed by atoms with van der Waals surface area (Å²) in [4.78, 5) is 22.8. The summed E-state index contributed by atoms with van der Waals surface area (Å²) in [6.45, 7) is 0. The maximum atomic E-state index is 12.6. The van der Waals surface area contributed by atoms with Crippen molar-refractivity contribution in [1.82, 2.24) is 9.97 Å². The van der Waals surface area contributed by atoms with Gasteiger partial charge < -0.3 is 11.1 Å². The van der Waals surface area contributed by atoms with E-state index >= 15 is 0 Å². The maximum Gasteiger partial charge on any atom is 0.267 e. The summed E-state index contributed by atoms with van der Waals surface area (Å²) in [6, 6.07) is 5.66. The SMILES string of the molecule is Nc1c(C(=O)Nc2ccncc2)sc2nc3c(cc12)CCCCCC3. The number of hydrogen-bond acceptors (Lipinski definition) is 5. The molecule has 1 aliphatic carbocycles. The zero-order chi connectivity index (χ0) is 17.2. The molecule has 0 unspecified atom stereocenters. The van der Waals surface area contributed by atoms with E-state index in [1.165, 1.54) is 48.3 Å². The molecule has 25 heavy (non-hydrogen) atoms. The Bertz CT molecular complexity index is 920. The van der Waals surface area contributed by atoms with E-state index in [2.05, 4.69) is 16.4 Å². The van der Waals surface area contributed by atoms with Crippen molar-refractivity contribution in [2.24, 2.45) is 0 Å². The van der Waals surface area contributed by atoms with Crippen molar-refractivity contribution in [3.63, 3.8) is 0 Å². The molecule has 1 amide bonds. The average molecular weight is 352 g/mol. The molecule has 0 saturated carbocycles. The van der Waals surface area contributed by atoms with Crippen LogP contribution in [0.1, 0.15) is 46.6 Å². The van der Waals surface area contributed by atoms with Crippen molar-refractivity contribution in [3.8, 4) is 0 Å². The van der Waals surface area contributed by atoms with Crippen molar-refractivity contribution < 1.29 is 4.79 Å². The molecule has 0 spiro atoms. The largest absolute Gasteiger partial charge is 0.397 e. The van der Waals surface area contributed by atoms with Crippen molar-refractivity contribution in [2.45, 2.75) is 38.5 Å². The van der Waals surface area contributed by atoms with Gasteiger partial charge in [-0.1, -0.05) is 12.8 Å². The number of pyridine rings is 2. The molecule has 1 aliphatic rings. The third-order valence-electron chi connectivity index (χ3n) is 4.64. The van der Waals surface area contributed by atoms with Gasteiger partial charge in [-0.25, -0.2) is 4.98 Å². The molecule has 3 N–H and O–H groups in total. The summed E-state index contributed by atoms with van der Waals surface area (Å²) in [5.74, 6) is -0.195. The molecule has 0 bridgehead atoms. The quantitative estimate of drug-likeness (QED) is 0.725. The van der Waals surface area contributed by atoms with Crippen LogP contribution in [0.5, 0.6) is 0 Å². The topological polar surface area (TPSA) is 80.9 Å². The second-order valence-electron chi connectivity index (χ2n) is 6.40. The molecule has 3 aromatic rings. The second-order valence-corrected chi connectivity index (χ2v) is 7.40. The Balaban J connectivity index is 1.70. The number of aryl methyl sites for hydroxylation is 2. The third-order valence-corrected chi connectivity index (χ3v) is 5.76. The molecule has 3 heterocycles. The van der Waals surface area contributed by atoms with Gasteiger partial charge in [0, 0.05) is 29.2 Å². The fourth-order valence-corrected chi connectivity index (χ4v) is 4.30. The zero-order valence-corrected chi connectivity index (χ0v) is 14.7. The van der Waals surface area contributed by atoms with Crippen molar-refractivity contribution in [2.75, 3.05) is 11.1 Å². The van der Waals surface area contributed by atoms with Gasteiger partial charge in [-0.2, -0.15) is 0 Å². The number of nitrogens with zero attached hydrogens (tertiary/aromatic N) is 2. The lowest BCUT2D eigenvalue weighted by atomic mass is 9.96. The molecular weight excluding hydrogens is 332 g/mol. The van der Waals surface area contributed by atoms with Crippen LogP contribution in [-0.4, -0.2) is 15.9 Å². The van der Waals surface area contributed by atoms with Crippen LogP contribution in [0.2, 0.25) is 0 Å². The highest BCUT2D eigenvalue weighted by Crippen LogP contribution is 2.35. The van der Waals surface area contributed by atoms with Crippen LogP contribution in [0, 0.1) is 0 Å². The van der Waals surface area contributed by atoms with Crippen molar-refractivity contribution in [1.29, 1.82) is 0 Å². The van der Waals surface area contributed by atoms with Crippen LogP contribution in [0.4, 0.5) is 11.4 Å². The predicted molar refractivity (Wildman–Crippen MR) is 102 cm³/mol. The van der Waals surface area contributed by atoms with Crippen LogP contribution in [0.15, 0.2) is 30.6 Å². The summed E-state index contributed by atoms with van der Waals surface area (Å²) < 4.78 is 0. The number of fused-ring (bicyclic) bond motifs is 2. The number of rotatable bonds is 2. The third kappa shape index (κ3) is 3.22. The summed E-state index contributed by atoms with van der Waals surface area (Å²) in [7, 11) is 0. The smallest absolute Gasteiger partial charge is 0.267 e. The van der Waals surface area contributed by atoms with Crippen LogP contribution in [-0.2, 0) is 12.8 Å². The number of amides is 1. The molecule has 4 rings (SSSR count). The lowest BCUT2D eigenvalue weighted by Gasteiger charge is -2.12. The summed E-state index contributed by atoms with van der Waals surface area (Å²) in [5, 5.41) is 3.78. The Morgan fingerprint density at radius 2 is 1.88 bits per heavy atom. The second kappa shape index (κ2) is 6.80. The molecule has 0 atom stereocenters. The minimum atomic E-state index is -0.195. The molecule has 5 nitrogen and oxygen atoms in total. The van der Waals surface area contributed by atoms with E-state index in [4.69, 9.17) is 10.7 Å². The molecule has 0 aromatic carbocycles. The molecule has 0 fully saturated rings. The number of nitrogens with two attached hydrogens (primary N) is 1. The normalized spacial score (nSPS) is 14.6. The lowest BCUT2D eigenvalue weighted by molar-refractivity contribution is 0.103. The number of hydrogen-bond donors (Lipinski definition) is 2. The van der Waals surface area contributed by atoms with E-state index in [9.17, 15) is 4.79 Å². The number of carbonyl (C=O) groups is 1.